The summed E-state index contributed by atoms with van der Waals surface area (Å²) >= 11 is 0. The van der Waals surface area contributed by atoms with E-state index in [0.29, 0.717) is 12.8 Å². The van der Waals surface area contributed by atoms with E-state index in [1.807, 2.05) is 0 Å². The van der Waals surface area contributed by atoms with Gasteiger partial charge in [-0.25, -0.2) is 0 Å². The van der Waals surface area contributed by atoms with E-state index in [-0.39, 0.29) is 13.2 Å². The molecule has 0 spiro atoms. The fraction of sp³-hybridized carbons (Fsp3) is 0.895. The first kappa shape index (κ1) is 29.6. The molecule has 0 aliphatic carbocycles. The van der Waals surface area contributed by atoms with Crippen molar-refractivity contribution in [3.63, 3.8) is 0 Å². The Morgan fingerprint density at radius 2 is 0.962 bits per heavy atom. The molecule has 0 heterocycles. The molecule has 5 N–H and O–H groups in total. The quantitative estimate of drug-likeness (QED) is 0.292. The van der Waals surface area contributed by atoms with Crippen LogP contribution in [0.25, 0.3) is 0 Å². The summed E-state index contributed by atoms with van der Waals surface area (Å²) in [6.07, 6.45) is 10.8. The minimum Gasteiger partial charge on any atom is -0.481 e. The van der Waals surface area contributed by atoms with E-state index >= 15 is 0 Å². The Morgan fingerprint density at radius 1 is 0.654 bits per heavy atom. The largest absolute Gasteiger partial charge is 0.481 e. The fourth-order valence-corrected chi connectivity index (χ4v) is 1.82. The maximum absolute atomic E-state index is 10.0. The summed E-state index contributed by atoms with van der Waals surface area (Å²) in [7, 11) is 0. The van der Waals surface area contributed by atoms with Gasteiger partial charge in [0, 0.05) is 12.8 Å². The molecule has 0 aliphatic rings. The van der Waals surface area contributed by atoms with E-state index in [2.05, 4.69) is 13.8 Å². The summed E-state index contributed by atoms with van der Waals surface area (Å²) in [6, 6.07) is 0. The van der Waals surface area contributed by atoms with E-state index in [1.165, 1.54) is 38.5 Å². The van der Waals surface area contributed by atoms with Gasteiger partial charge < -0.3 is 25.5 Å². The molecule has 0 rings (SSSR count). The zero-order valence-electron chi connectivity index (χ0n) is 16.5. The topological polar surface area (TPSA) is 135 Å². The lowest BCUT2D eigenvalue weighted by Gasteiger charge is -1.96. The van der Waals surface area contributed by atoms with Crippen LogP contribution >= 0.6 is 0 Å². The normalized spacial score (nSPS) is 9.77. The molecule has 7 nitrogen and oxygen atoms in total. The number of rotatable bonds is 14. The molecule has 0 saturated heterocycles. The van der Waals surface area contributed by atoms with Crippen molar-refractivity contribution in [3.8, 4) is 0 Å². The van der Waals surface area contributed by atoms with Crippen molar-refractivity contribution < 1.29 is 35.1 Å². The highest BCUT2D eigenvalue weighted by atomic mass is 16.4. The Bertz CT molecular complexity index is 268. The molecule has 158 valence electrons. The molecule has 0 unspecified atom stereocenters. The number of aliphatic carboxylic acids is 2. The summed E-state index contributed by atoms with van der Waals surface area (Å²) in [4.78, 5) is 20.1. The van der Waals surface area contributed by atoms with Crippen LogP contribution in [-0.2, 0) is 9.59 Å². The third-order valence-electron chi connectivity index (χ3n) is 3.41. The zero-order chi connectivity index (χ0) is 20.6. The maximum atomic E-state index is 10.0. The second-order valence-corrected chi connectivity index (χ2v) is 6.13. The molecular weight excluding hydrogens is 340 g/mol. The van der Waals surface area contributed by atoms with Gasteiger partial charge in [0.2, 0.25) is 0 Å². The second-order valence-electron chi connectivity index (χ2n) is 6.13. The molecule has 0 aliphatic heterocycles. The van der Waals surface area contributed by atoms with E-state index in [0.717, 1.165) is 25.7 Å². The van der Waals surface area contributed by atoms with Gasteiger partial charge in [-0.15, -0.1) is 0 Å². The Morgan fingerprint density at radius 3 is 1.15 bits per heavy atom. The summed E-state index contributed by atoms with van der Waals surface area (Å²) in [5.41, 5.74) is 0. The first-order valence-electron chi connectivity index (χ1n) is 9.68. The predicted octanol–water partition coefficient (Wildman–Crippen LogP) is 3.19. The molecular formula is C19H40O7. The van der Waals surface area contributed by atoms with Crippen LogP contribution < -0.4 is 0 Å². The monoisotopic (exact) mass is 380 g/mol. The van der Waals surface area contributed by atoms with Crippen LogP contribution in [0, 0.1) is 0 Å². The first-order chi connectivity index (χ1) is 12.3. The van der Waals surface area contributed by atoms with Crippen molar-refractivity contribution in [2.45, 2.75) is 97.0 Å². The number of aliphatic hydroxyl groups is 3. The predicted molar refractivity (Wildman–Crippen MR) is 102 cm³/mol. The van der Waals surface area contributed by atoms with Crippen LogP contribution in [0.2, 0.25) is 0 Å². The first-order valence-corrected chi connectivity index (χ1v) is 9.68. The smallest absolute Gasteiger partial charge is 0.303 e. The van der Waals surface area contributed by atoms with Gasteiger partial charge in [-0.05, 0) is 12.8 Å². The lowest BCUT2D eigenvalue weighted by Crippen LogP contribution is -2.15. The van der Waals surface area contributed by atoms with Crippen LogP contribution in [0.1, 0.15) is 90.9 Å². The van der Waals surface area contributed by atoms with Crippen molar-refractivity contribution in [1.82, 2.24) is 0 Å². The van der Waals surface area contributed by atoms with E-state index in [4.69, 9.17) is 25.5 Å². The molecule has 0 aromatic rings. The van der Waals surface area contributed by atoms with Gasteiger partial charge in [0.1, 0.15) is 6.10 Å². The molecule has 0 aromatic heterocycles. The average Bonchev–Trinajstić information content (AvgIpc) is 2.61. The summed E-state index contributed by atoms with van der Waals surface area (Å²) < 4.78 is 0. The molecule has 0 saturated carbocycles. The van der Waals surface area contributed by atoms with E-state index in [1.54, 1.807) is 0 Å². The minimum atomic E-state index is -0.954. The molecule has 0 atom stereocenters. The maximum Gasteiger partial charge on any atom is 0.303 e. The van der Waals surface area contributed by atoms with Crippen molar-refractivity contribution in [3.05, 3.63) is 0 Å². The van der Waals surface area contributed by atoms with E-state index < -0.39 is 18.0 Å². The van der Waals surface area contributed by atoms with Gasteiger partial charge in [-0.3, -0.25) is 9.59 Å². The third kappa shape index (κ3) is 38.4. The number of hydrogen-bond acceptors (Lipinski definition) is 5. The summed E-state index contributed by atoms with van der Waals surface area (Å²) in [6.45, 7) is 3.57. The number of aliphatic hydroxyl groups excluding tert-OH is 3. The molecule has 0 bridgehead atoms. The highest BCUT2D eigenvalue weighted by molar-refractivity contribution is 5.66. The minimum absolute atomic E-state index is 0.337. The van der Waals surface area contributed by atoms with Crippen LogP contribution in [0.5, 0.6) is 0 Å². The second kappa shape index (κ2) is 26.1. The third-order valence-corrected chi connectivity index (χ3v) is 3.41. The summed E-state index contributed by atoms with van der Waals surface area (Å²) in [5, 5.41) is 40.6. The lowest BCUT2D eigenvalue weighted by atomic mass is 10.1. The molecule has 7 heteroatoms. The Balaban J connectivity index is -0.000000316. The highest BCUT2D eigenvalue weighted by Crippen LogP contribution is 2.04. The van der Waals surface area contributed by atoms with Crippen molar-refractivity contribution in [2.24, 2.45) is 0 Å². The van der Waals surface area contributed by atoms with Gasteiger partial charge >= 0.3 is 11.9 Å². The molecule has 26 heavy (non-hydrogen) atoms. The molecule has 0 aromatic carbocycles. The standard InChI is InChI=1S/2C8H16O2.C3H8O3/c2*1-2-3-4-5-6-7-8(9)10;4-1-3(6)2-5/h2*2-7H2,1H3,(H,9,10);3-6H,1-2H2. The number of unbranched alkanes of at least 4 members (excludes halogenated alkanes) is 8. The van der Waals surface area contributed by atoms with Crippen LogP contribution in [0.4, 0.5) is 0 Å². The number of carbonyl (C=O) groups is 2. The van der Waals surface area contributed by atoms with Crippen LogP contribution in [0.15, 0.2) is 0 Å². The summed E-state index contributed by atoms with van der Waals surface area (Å²) in [5.74, 6) is -1.34. The average molecular weight is 381 g/mol. The van der Waals surface area contributed by atoms with Crippen LogP contribution in [-0.4, -0.2) is 56.8 Å². The van der Waals surface area contributed by atoms with Crippen LogP contribution in [0.3, 0.4) is 0 Å². The van der Waals surface area contributed by atoms with Crippen molar-refractivity contribution >= 4 is 11.9 Å². The molecule has 0 fully saturated rings. The number of hydrogen-bond donors (Lipinski definition) is 5. The van der Waals surface area contributed by atoms with Gasteiger partial charge in [-0.2, -0.15) is 0 Å². The van der Waals surface area contributed by atoms with Crippen molar-refractivity contribution in [2.75, 3.05) is 13.2 Å². The Hall–Kier alpha value is -1.18. The fourth-order valence-electron chi connectivity index (χ4n) is 1.82. The Kier molecular flexibility index (Phi) is 29.6. The van der Waals surface area contributed by atoms with Gasteiger partial charge in [0.05, 0.1) is 13.2 Å². The Labute approximate surface area is 158 Å². The lowest BCUT2D eigenvalue weighted by molar-refractivity contribution is -0.138. The number of carboxylic acids is 2. The molecule has 0 radical (unpaired) electrons. The van der Waals surface area contributed by atoms with Gasteiger partial charge in [0.15, 0.2) is 0 Å². The SMILES string of the molecule is CCCCCCCC(=O)O.CCCCCCCC(=O)O.OCC(O)CO. The van der Waals surface area contributed by atoms with E-state index in [9.17, 15) is 9.59 Å². The van der Waals surface area contributed by atoms with Gasteiger partial charge in [-0.1, -0.05) is 65.2 Å². The van der Waals surface area contributed by atoms with Gasteiger partial charge in [0.25, 0.3) is 0 Å². The molecule has 0 amide bonds. The highest BCUT2D eigenvalue weighted by Gasteiger charge is 1.95. The zero-order valence-corrected chi connectivity index (χ0v) is 16.5. The number of carboxylic acid groups (broad SMARTS) is 2. The van der Waals surface area contributed by atoms with Crippen molar-refractivity contribution in [1.29, 1.82) is 0 Å².